The maximum absolute atomic E-state index is 10.2. The molecule has 2 rings (SSSR count). The van der Waals surface area contributed by atoms with Crippen LogP contribution in [0.3, 0.4) is 0 Å². The predicted octanol–water partition coefficient (Wildman–Crippen LogP) is 3.45. The minimum Gasteiger partial charge on any atom is -0.384 e. The van der Waals surface area contributed by atoms with Gasteiger partial charge in [0.2, 0.25) is 0 Å². The van der Waals surface area contributed by atoms with Crippen molar-refractivity contribution in [2.75, 3.05) is 0 Å². The Morgan fingerprint density at radius 2 is 1.73 bits per heavy atom. The van der Waals surface area contributed by atoms with Gasteiger partial charge in [-0.3, -0.25) is 0 Å². The highest BCUT2D eigenvalue weighted by Gasteiger charge is 2.12. The molecule has 78 valence electrons. The normalized spacial score (nSPS) is 12.7. The highest BCUT2D eigenvalue weighted by molar-refractivity contribution is 7.10. The fourth-order valence-electron chi connectivity index (χ4n) is 1.61. The molecule has 1 atom stereocenters. The van der Waals surface area contributed by atoms with E-state index < -0.39 is 6.10 Å². The fourth-order valence-corrected chi connectivity index (χ4v) is 2.34. The second kappa shape index (κ2) is 4.17. The van der Waals surface area contributed by atoms with E-state index in [1.54, 1.807) is 11.3 Å². The summed E-state index contributed by atoms with van der Waals surface area (Å²) in [6, 6.07) is 10.0. The van der Waals surface area contributed by atoms with Crippen LogP contribution in [-0.4, -0.2) is 5.11 Å². The second-order valence-corrected chi connectivity index (χ2v) is 4.87. The van der Waals surface area contributed by atoms with E-state index in [-0.39, 0.29) is 0 Å². The molecule has 0 aliphatic heterocycles. The van der Waals surface area contributed by atoms with Gasteiger partial charge in [-0.05, 0) is 36.4 Å². The summed E-state index contributed by atoms with van der Waals surface area (Å²) < 4.78 is 0. The van der Waals surface area contributed by atoms with Gasteiger partial charge in [-0.25, -0.2) is 0 Å². The van der Waals surface area contributed by atoms with Gasteiger partial charge in [-0.2, -0.15) is 0 Å². The third-order valence-corrected chi connectivity index (χ3v) is 3.45. The maximum Gasteiger partial charge on any atom is 0.105 e. The number of benzene rings is 1. The van der Waals surface area contributed by atoms with E-state index in [4.69, 9.17) is 0 Å². The molecule has 0 fully saturated rings. The maximum atomic E-state index is 10.2. The Morgan fingerprint density at radius 1 is 1.07 bits per heavy atom. The Labute approximate surface area is 94.0 Å². The van der Waals surface area contributed by atoms with Crippen molar-refractivity contribution in [3.05, 3.63) is 57.3 Å². The Morgan fingerprint density at radius 3 is 2.27 bits per heavy atom. The first-order valence-corrected chi connectivity index (χ1v) is 5.85. The van der Waals surface area contributed by atoms with Crippen LogP contribution in [0.5, 0.6) is 0 Å². The van der Waals surface area contributed by atoms with Crippen molar-refractivity contribution in [1.29, 1.82) is 0 Å². The largest absolute Gasteiger partial charge is 0.384 e. The summed E-state index contributed by atoms with van der Waals surface area (Å²) in [5.74, 6) is 0. The van der Waals surface area contributed by atoms with Gasteiger partial charge in [0.1, 0.15) is 6.10 Å². The van der Waals surface area contributed by atoms with Gasteiger partial charge in [0.05, 0.1) is 0 Å². The average Bonchev–Trinajstić information content (AvgIpc) is 2.65. The van der Waals surface area contributed by atoms with E-state index in [0.717, 1.165) is 11.1 Å². The Hall–Kier alpha value is -1.12. The number of hydrogen-bond acceptors (Lipinski definition) is 2. The van der Waals surface area contributed by atoms with Crippen molar-refractivity contribution in [3.63, 3.8) is 0 Å². The topological polar surface area (TPSA) is 20.2 Å². The molecule has 1 aromatic carbocycles. The van der Waals surface area contributed by atoms with Crippen molar-refractivity contribution in [2.45, 2.75) is 20.0 Å². The van der Waals surface area contributed by atoms with Crippen molar-refractivity contribution < 1.29 is 5.11 Å². The van der Waals surface area contributed by atoms with Crippen LogP contribution in [0.2, 0.25) is 0 Å². The minimum atomic E-state index is -0.489. The second-order valence-electron chi connectivity index (χ2n) is 3.75. The zero-order chi connectivity index (χ0) is 10.8. The van der Waals surface area contributed by atoms with Crippen LogP contribution in [0.1, 0.15) is 27.7 Å². The van der Waals surface area contributed by atoms with Crippen LogP contribution in [0.4, 0.5) is 0 Å². The first-order valence-electron chi connectivity index (χ1n) is 4.97. The quantitative estimate of drug-likeness (QED) is 0.818. The lowest BCUT2D eigenvalue weighted by atomic mass is 10.0. The Bertz CT molecular complexity index is 442. The fraction of sp³-hybridized carbons (Fsp3) is 0.231. The lowest BCUT2D eigenvalue weighted by Gasteiger charge is -2.10. The molecule has 2 aromatic rings. The third kappa shape index (κ3) is 2.11. The van der Waals surface area contributed by atoms with Gasteiger partial charge < -0.3 is 5.11 Å². The standard InChI is InChI=1S/C13H14OS/c1-9-3-5-11(6-4-9)13(14)12-7-8-15-10(12)2/h3-8,13-14H,1-2H3. The van der Waals surface area contributed by atoms with Gasteiger partial charge in [-0.15, -0.1) is 11.3 Å². The predicted molar refractivity (Wildman–Crippen MR) is 64.3 cm³/mol. The smallest absolute Gasteiger partial charge is 0.105 e. The zero-order valence-electron chi connectivity index (χ0n) is 8.90. The lowest BCUT2D eigenvalue weighted by Crippen LogP contribution is -1.99. The van der Waals surface area contributed by atoms with Crippen LogP contribution in [0.25, 0.3) is 0 Å². The van der Waals surface area contributed by atoms with Crippen molar-refractivity contribution >= 4 is 11.3 Å². The molecule has 0 spiro atoms. The van der Waals surface area contributed by atoms with E-state index >= 15 is 0 Å². The van der Waals surface area contributed by atoms with E-state index in [2.05, 4.69) is 0 Å². The third-order valence-electron chi connectivity index (χ3n) is 2.59. The number of aryl methyl sites for hydroxylation is 2. The van der Waals surface area contributed by atoms with E-state index in [1.165, 1.54) is 10.4 Å². The summed E-state index contributed by atoms with van der Waals surface area (Å²) in [6.07, 6.45) is -0.489. The van der Waals surface area contributed by atoms with Gasteiger partial charge in [0.25, 0.3) is 0 Å². The zero-order valence-corrected chi connectivity index (χ0v) is 9.71. The SMILES string of the molecule is Cc1ccc(C(O)c2ccsc2C)cc1. The van der Waals surface area contributed by atoms with E-state index in [0.29, 0.717) is 0 Å². The molecule has 0 amide bonds. The molecule has 2 heteroatoms. The van der Waals surface area contributed by atoms with Crippen LogP contribution in [-0.2, 0) is 0 Å². The Kier molecular flexibility index (Phi) is 2.89. The van der Waals surface area contributed by atoms with Crippen molar-refractivity contribution in [2.24, 2.45) is 0 Å². The number of hydrogen-bond donors (Lipinski definition) is 1. The summed E-state index contributed by atoms with van der Waals surface area (Å²) >= 11 is 1.67. The molecule has 1 unspecified atom stereocenters. The molecule has 0 aliphatic carbocycles. The molecule has 0 saturated carbocycles. The lowest BCUT2D eigenvalue weighted by molar-refractivity contribution is 0.220. The average molecular weight is 218 g/mol. The van der Waals surface area contributed by atoms with Crippen LogP contribution in [0, 0.1) is 13.8 Å². The minimum absolute atomic E-state index is 0.489. The van der Waals surface area contributed by atoms with E-state index in [1.807, 2.05) is 49.6 Å². The number of thiophene rings is 1. The summed E-state index contributed by atoms with van der Waals surface area (Å²) in [6.45, 7) is 4.09. The van der Waals surface area contributed by atoms with Crippen LogP contribution >= 0.6 is 11.3 Å². The molecule has 15 heavy (non-hydrogen) atoms. The van der Waals surface area contributed by atoms with Crippen LogP contribution < -0.4 is 0 Å². The van der Waals surface area contributed by atoms with Crippen molar-refractivity contribution in [1.82, 2.24) is 0 Å². The van der Waals surface area contributed by atoms with Gasteiger partial charge in [-0.1, -0.05) is 29.8 Å². The molecule has 1 N–H and O–H groups in total. The molecule has 1 aromatic heterocycles. The van der Waals surface area contributed by atoms with Gasteiger partial charge in [0.15, 0.2) is 0 Å². The molecular formula is C13H14OS. The van der Waals surface area contributed by atoms with Gasteiger partial charge in [0, 0.05) is 4.88 Å². The molecule has 0 saturated heterocycles. The number of rotatable bonds is 2. The molecule has 0 radical (unpaired) electrons. The highest BCUT2D eigenvalue weighted by Crippen LogP contribution is 2.27. The van der Waals surface area contributed by atoms with Crippen molar-refractivity contribution in [3.8, 4) is 0 Å². The highest BCUT2D eigenvalue weighted by atomic mass is 32.1. The Balaban J connectivity index is 2.32. The first kappa shape index (κ1) is 10.4. The summed E-state index contributed by atoms with van der Waals surface area (Å²) in [5, 5.41) is 12.2. The summed E-state index contributed by atoms with van der Waals surface area (Å²) in [7, 11) is 0. The molecule has 0 bridgehead atoms. The molecule has 1 nitrogen and oxygen atoms in total. The number of aliphatic hydroxyl groups excluding tert-OH is 1. The molecule has 1 heterocycles. The summed E-state index contributed by atoms with van der Waals surface area (Å²) in [4.78, 5) is 1.18. The first-order chi connectivity index (χ1) is 7.18. The van der Waals surface area contributed by atoms with E-state index in [9.17, 15) is 5.11 Å². The molecular weight excluding hydrogens is 204 g/mol. The molecule has 0 aliphatic rings. The summed E-state index contributed by atoms with van der Waals surface area (Å²) in [5.41, 5.74) is 3.19. The monoisotopic (exact) mass is 218 g/mol. The van der Waals surface area contributed by atoms with Gasteiger partial charge >= 0.3 is 0 Å². The number of aliphatic hydroxyl groups is 1. The van der Waals surface area contributed by atoms with Crippen LogP contribution in [0.15, 0.2) is 35.7 Å².